The molecule has 2 aromatic heterocycles. The first-order valence-corrected chi connectivity index (χ1v) is 6.89. The quantitative estimate of drug-likeness (QED) is 0.679. The van der Waals surface area contributed by atoms with Crippen LogP contribution in [-0.2, 0) is 5.75 Å². The molecule has 2 heterocycles. The number of rotatable bonds is 3. The molecule has 86 valence electrons. The fraction of sp³-hybridized carbons (Fsp3) is 0.182. The summed E-state index contributed by atoms with van der Waals surface area (Å²) in [5, 5.41) is 3.76. The third-order valence-electron chi connectivity index (χ3n) is 2.16. The molecule has 0 N–H and O–H groups in total. The summed E-state index contributed by atoms with van der Waals surface area (Å²) < 4.78 is 7.29. The Labute approximate surface area is 106 Å². The maximum atomic E-state index is 5.05. The van der Waals surface area contributed by atoms with Crippen molar-refractivity contribution in [1.29, 1.82) is 0 Å². The van der Waals surface area contributed by atoms with Crippen molar-refractivity contribution in [3.8, 4) is 0 Å². The molecule has 0 saturated carbocycles. The third-order valence-corrected chi connectivity index (χ3v) is 4.33. The molecule has 4 nitrogen and oxygen atoms in total. The first-order valence-electron chi connectivity index (χ1n) is 5.09. The molecule has 0 aliphatic carbocycles. The molecule has 0 atom stereocenters. The minimum atomic E-state index is 0.645. The lowest BCUT2D eigenvalue weighted by molar-refractivity contribution is 0.387. The Bertz CT molecular complexity index is 614. The van der Waals surface area contributed by atoms with Crippen molar-refractivity contribution in [2.24, 2.45) is 0 Å². The number of hydrogen-bond acceptors (Lipinski definition) is 6. The molecule has 0 radical (unpaired) electrons. The standard InChI is InChI=1S/C11H9N3OS2/c1-7-12-10(15-14-7)6-16-11-13-8-4-2-3-5-9(8)17-11/h2-5H,6H2,1H3. The molecule has 0 unspecified atom stereocenters. The summed E-state index contributed by atoms with van der Waals surface area (Å²) in [6.07, 6.45) is 0. The van der Waals surface area contributed by atoms with Crippen molar-refractivity contribution in [2.45, 2.75) is 17.0 Å². The SMILES string of the molecule is Cc1noc(CSc2nc3ccccc3s2)n1. The van der Waals surface area contributed by atoms with E-state index in [1.807, 2.05) is 25.1 Å². The molecule has 3 rings (SSSR count). The maximum Gasteiger partial charge on any atom is 0.237 e. The number of hydrogen-bond donors (Lipinski definition) is 0. The van der Waals surface area contributed by atoms with Crippen LogP contribution in [0.15, 0.2) is 33.1 Å². The highest BCUT2D eigenvalue weighted by Crippen LogP contribution is 2.30. The zero-order valence-corrected chi connectivity index (χ0v) is 10.7. The zero-order valence-electron chi connectivity index (χ0n) is 9.08. The predicted octanol–water partition coefficient (Wildman–Crippen LogP) is 3.28. The highest BCUT2D eigenvalue weighted by molar-refractivity contribution is 8.00. The Morgan fingerprint density at radius 3 is 2.94 bits per heavy atom. The molecule has 1 aromatic carbocycles. The summed E-state index contributed by atoms with van der Waals surface area (Å²) in [5.41, 5.74) is 1.04. The van der Waals surface area contributed by atoms with Crippen LogP contribution < -0.4 is 0 Å². The summed E-state index contributed by atoms with van der Waals surface area (Å²) in [4.78, 5) is 8.68. The van der Waals surface area contributed by atoms with Crippen LogP contribution in [0.5, 0.6) is 0 Å². The number of thiazole rings is 1. The number of benzene rings is 1. The van der Waals surface area contributed by atoms with E-state index in [9.17, 15) is 0 Å². The van der Waals surface area contributed by atoms with Crippen LogP contribution in [0.1, 0.15) is 11.7 Å². The summed E-state index contributed by atoms with van der Waals surface area (Å²) in [6.45, 7) is 1.81. The Kier molecular flexibility index (Phi) is 2.82. The molecule has 0 fully saturated rings. The topological polar surface area (TPSA) is 51.8 Å². The Balaban J connectivity index is 1.76. The van der Waals surface area contributed by atoms with Crippen LogP contribution in [0.3, 0.4) is 0 Å². The van der Waals surface area contributed by atoms with Crippen molar-refractivity contribution in [2.75, 3.05) is 0 Å². The van der Waals surface area contributed by atoms with Crippen LogP contribution >= 0.6 is 23.1 Å². The monoisotopic (exact) mass is 263 g/mol. The van der Waals surface area contributed by atoms with Gasteiger partial charge in [-0.2, -0.15) is 4.98 Å². The van der Waals surface area contributed by atoms with E-state index in [2.05, 4.69) is 21.2 Å². The van der Waals surface area contributed by atoms with Gasteiger partial charge < -0.3 is 4.52 Å². The molecule has 0 spiro atoms. The molecular weight excluding hydrogens is 254 g/mol. The second kappa shape index (κ2) is 4.46. The molecular formula is C11H9N3OS2. The normalized spacial score (nSPS) is 11.1. The van der Waals surface area contributed by atoms with Crippen molar-refractivity contribution < 1.29 is 4.52 Å². The minimum Gasteiger partial charge on any atom is -0.338 e. The van der Waals surface area contributed by atoms with Gasteiger partial charge >= 0.3 is 0 Å². The highest BCUT2D eigenvalue weighted by Gasteiger charge is 2.07. The van der Waals surface area contributed by atoms with Crippen LogP contribution in [-0.4, -0.2) is 15.1 Å². The van der Waals surface area contributed by atoms with E-state index in [1.165, 1.54) is 4.70 Å². The van der Waals surface area contributed by atoms with Gasteiger partial charge in [0.1, 0.15) is 0 Å². The average molecular weight is 263 g/mol. The molecule has 0 saturated heterocycles. The van der Waals surface area contributed by atoms with Gasteiger partial charge in [-0.3, -0.25) is 0 Å². The number of fused-ring (bicyclic) bond motifs is 1. The van der Waals surface area contributed by atoms with Crippen molar-refractivity contribution >= 4 is 33.3 Å². The lowest BCUT2D eigenvalue weighted by Gasteiger charge is -1.89. The summed E-state index contributed by atoms with van der Waals surface area (Å²) in [6, 6.07) is 8.12. The smallest absolute Gasteiger partial charge is 0.237 e. The Morgan fingerprint density at radius 2 is 2.18 bits per heavy atom. The Hall–Kier alpha value is -1.40. The molecule has 17 heavy (non-hydrogen) atoms. The van der Waals surface area contributed by atoms with E-state index in [4.69, 9.17) is 4.52 Å². The van der Waals surface area contributed by atoms with Crippen LogP contribution in [0, 0.1) is 6.92 Å². The second-order valence-corrected chi connectivity index (χ2v) is 5.72. The largest absolute Gasteiger partial charge is 0.338 e. The molecule has 0 amide bonds. The maximum absolute atomic E-state index is 5.05. The minimum absolute atomic E-state index is 0.645. The summed E-state index contributed by atoms with van der Waals surface area (Å²) in [7, 11) is 0. The van der Waals surface area contributed by atoms with Crippen molar-refractivity contribution in [3.05, 3.63) is 36.0 Å². The second-order valence-electron chi connectivity index (χ2n) is 3.47. The average Bonchev–Trinajstić information content (AvgIpc) is 2.91. The predicted molar refractivity (Wildman–Crippen MR) is 68.2 cm³/mol. The summed E-state index contributed by atoms with van der Waals surface area (Å²) in [5.74, 6) is 1.98. The number of nitrogens with zero attached hydrogens (tertiary/aromatic N) is 3. The first-order chi connectivity index (χ1) is 8.31. The van der Waals surface area contributed by atoms with Gasteiger partial charge in [-0.1, -0.05) is 29.1 Å². The molecule has 6 heteroatoms. The van der Waals surface area contributed by atoms with Gasteiger partial charge in [-0.05, 0) is 19.1 Å². The fourth-order valence-electron chi connectivity index (χ4n) is 1.43. The number of para-hydroxylation sites is 1. The van der Waals surface area contributed by atoms with Crippen LogP contribution in [0.25, 0.3) is 10.2 Å². The highest BCUT2D eigenvalue weighted by atomic mass is 32.2. The van der Waals surface area contributed by atoms with Gasteiger partial charge in [0.15, 0.2) is 10.2 Å². The van der Waals surface area contributed by atoms with Crippen molar-refractivity contribution in [3.63, 3.8) is 0 Å². The van der Waals surface area contributed by atoms with E-state index in [-0.39, 0.29) is 0 Å². The van der Waals surface area contributed by atoms with E-state index < -0.39 is 0 Å². The van der Waals surface area contributed by atoms with E-state index >= 15 is 0 Å². The van der Waals surface area contributed by atoms with Crippen LogP contribution in [0.4, 0.5) is 0 Å². The first kappa shape index (κ1) is 10.7. The van der Waals surface area contributed by atoms with Crippen LogP contribution in [0.2, 0.25) is 0 Å². The molecule has 0 aliphatic rings. The van der Waals surface area contributed by atoms with Gasteiger partial charge in [0.05, 0.1) is 16.0 Å². The van der Waals surface area contributed by atoms with Gasteiger partial charge in [0.25, 0.3) is 0 Å². The molecule has 0 bridgehead atoms. The zero-order chi connectivity index (χ0) is 11.7. The van der Waals surface area contributed by atoms with E-state index in [1.54, 1.807) is 23.1 Å². The molecule has 0 aliphatic heterocycles. The third kappa shape index (κ3) is 2.32. The number of aryl methyl sites for hydroxylation is 1. The van der Waals surface area contributed by atoms with Crippen molar-refractivity contribution in [1.82, 2.24) is 15.1 Å². The van der Waals surface area contributed by atoms with Gasteiger partial charge in [0.2, 0.25) is 5.89 Å². The van der Waals surface area contributed by atoms with E-state index in [0.29, 0.717) is 17.5 Å². The lowest BCUT2D eigenvalue weighted by Crippen LogP contribution is -1.80. The van der Waals surface area contributed by atoms with Gasteiger partial charge in [0, 0.05) is 0 Å². The lowest BCUT2D eigenvalue weighted by atomic mass is 10.3. The summed E-state index contributed by atoms with van der Waals surface area (Å²) >= 11 is 3.31. The Morgan fingerprint density at radius 1 is 1.29 bits per heavy atom. The van der Waals surface area contributed by atoms with E-state index in [0.717, 1.165) is 9.86 Å². The molecule has 3 aromatic rings. The number of thioether (sulfide) groups is 1. The van der Waals surface area contributed by atoms with Gasteiger partial charge in [-0.15, -0.1) is 11.3 Å². The fourth-order valence-corrected chi connectivity index (χ4v) is 3.34. The number of aromatic nitrogens is 3. The van der Waals surface area contributed by atoms with Gasteiger partial charge in [-0.25, -0.2) is 4.98 Å².